The Morgan fingerprint density at radius 3 is 3.05 bits per heavy atom. The minimum absolute atomic E-state index is 0.307. The highest BCUT2D eigenvalue weighted by Gasteiger charge is 2.12. The maximum atomic E-state index is 11.7. The Hall–Kier alpha value is -2.15. The number of esters is 1. The van der Waals surface area contributed by atoms with Gasteiger partial charge in [-0.25, -0.2) is 9.78 Å². The van der Waals surface area contributed by atoms with E-state index in [1.165, 1.54) is 6.20 Å². The van der Waals surface area contributed by atoms with Crippen LogP contribution in [-0.4, -0.2) is 22.5 Å². The first-order valence-electron chi connectivity index (χ1n) is 5.74. The molecule has 19 heavy (non-hydrogen) atoms. The van der Waals surface area contributed by atoms with Crippen LogP contribution in [0.4, 0.5) is 11.5 Å². The third-order valence-electron chi connectivity index (χ3n) is 2.36. The molecule has 0 saturated heterocycles. The van der Waals surface area contributed by atoms with E-state index in [0.29, 0.717) is 30.2 Å². The number of carbonyl (C=O) groups is 1. The van der Waals surface area contributed by atoms with Crippen molar-refractivity contribution in [2.24, 2.45) is 0 Å². The van der Waals surface area contributed by atoms with Gasteiger partial charge in [-0.3, -0.25) is 4.98 Å². The summed E-state index contributed by atoms with van der Waals surface area (Å²) in [7, 11) is 0. The lowest BCUT2D eigenvalue weighted by Crippen LogP contribution is -2.10. The van der Waals surface area contributed by atoms with Gasteiger partial charge in [-0.15, -0.1) is 11.3 Å². The summed E-state index contributed by atoms with van der Waals surface area (Å²) >= 11 is 1.55. The fourth-order valence-electron chi connectivity index (χ4n) is 1.46. The molecule has 2 rings (SSSR count). The van der Waals surface area contributed by atoms with Crippen LogP contribution in [0.25, 0.3) is 0 Å². The van der Waals surface area contributed by atoms with Gasteiger partial charge in [-0.05, 0) is 13.0 Å². The highest BCUT2D eigenvalue weighted by molar-refractivity contribution is 7.09. The van der Waals surface area contributed by atoms with Crippen molar-refractivity contribution < 1.29 is 9.53 Å². The van der Waals surface area contributed by atoms with E-state index < -0.39 is 5.97 Å². The number of hydrogen-bond donors (Lipinski definition) is 2. The van der Waals surface area contributed by atoms with Crippen LogP contribution in [0.3, 0.4) is 0 Å². The van der Waals surface area contributed by atoms with Gasteiger partial charge in [0.1, 0.15) is 5.82 Å². The minimum atomic E-state index is -0.441. The Balaban J connectivity index is 2.09. The number of hydrogen-bond acceptors (Lipinski definition) is 7. The zero-order valence-corrected chi connectivity index (χ0v) is 11.2. The van der Waals surface area contributed by atoms with Crippen molar-refractivity contribution in [3.63, 3.8) is 0 Å². The van der Waals surface area contributed by atoms with Crippen LogP contribution in [0.5, 0.6) is 0 Å². The summed E-state index contributed by atoms with van der Waals surface area (Å²) in [6, 6.07) is 1.59. The number of nitrogens with one attached hydrogen (secondary N) is 1. The summed E-state index contributed by atoms with van der Waals surface area (Å²) in [5.74, 6) is 0.133. The molecular weight excluding hydrogens is 264 g/mol. The number of aromatic nitrogens is 2. The summed E-state index contributed by atoms with van der Waals surface area (Å²) in [5.41, 5.74) is 8.10. The van der Waals surface area contributed by atoms with Crippen LogP contribution in [0.1, 0.15) is 22.2 Å². The lowest BCUT2D eigenvalue weighted by molar-refractivity contribution is 0.0527. The number of thiazole rings is 1. The molecule has 2 aromatic rings. The number of nitrogens with two attached hydrogens (primary N) is 1. The average molecular weight is 278 g/mol. The fraction of sp³-hybridized carbons (Fsp3) is 0.250. The predicted molar refractivity (Wildman–Crippen MR) is 74.0 cm³/mol. The van der Waals surface area contributed by atoms with E-state index in [1.54, 1.807) is 36.0 Å². The Morgan fingerprint density at radius 2 is 2.37 bits per heavy atom. The van der Waals surface area contributed by atoms with Crippen molar-refractivity contribution in [1.82, 2.24) is 9.97 Å². The Kier molecular flexibility index (Phi) is 4.30. The number of nitrogens with zero attached hydrogens (tertiary/aromatic N) is 2. The molecule has 0 radical (unpaired) electrons. The van der Waals surface area contributed by atoms with Gasteiger partial charge in [-0.1, -0.05) is 0 Å². The third-order valence-corrected chi connectivity index (χ3v) is 3.14. The summed E-state index contributed by atoms with van der Waals surface area (Å²) in [6.45, 7) is 2.66. The van der Waals surface area contributed by atoms with Crippen LogP contribution < -0.4 is 11.1 Å². The van der Waals surface area contributed by atoms with Crippen molar-refractivity contribution in [3.8, 4) is 0 Å². The van der Waals surface area contributed by atoms with Crippen molar-refractivity contribution in [2.75, 3.05) is 17.7 Å². The van der Waals surface area contributed by atoms with Gasteiger partial charge in [0, 0.05) is 11.1 Å². The quantitative estimate of drug-likeness (QED) is 0.812. The summed E-state index contributed by atoms with van der Waals surface area (Å²) in [6.07, 6.45) is 3.22. The lowest BCUT2D eigenvalue weighted by Gasteiger charge is -2.08. The smallest absolute Gasteiger partial charge is 0.340 e. The molecule has 0 fully saturated rings. The van der Waals surface area contributed by atoms with E-state index in [9.17, 15) is 4.79 Å². The molecule has 6 nitrogen and oxygen atoms in total. The molecule has 3 N–H and O–H groups in total. The van der Waals surface area contributed by atoms with Crippen molar-refractivity contribution in [2.45, 2.75) is 13.5 Å². The molecule has 0 atom stereocenters. The summed E-state index contributed by atoms with van der Waals surface area (Å²) in [5, 5.41) is 3.11. The van der Waals surface area contributed by atoms with Crippen LogP contribution in [0.15, 0.2) is 24.0 Å². The average Bonchev–Trinajstić information content (AvgIpc) is 2.91. The number of nitrogen functional groups attached to an aromatic ring is 1. The third kappa shape index (κ3) is 3.41. The molecule has 0 amide bonds. The second-order valence-corrected chi connectivity index (χ2v) is 4.67. The number of rotatable bonds is 5. The maximum absolute atomic E-state index is 11.7. The van der Waals surface area contributed by atoms with Crippen LogP contribution >= 0.6 is 11.3 Å². The molecule has 0 aliphatic heterocycles. The second kappa shape index (κ2) is 6.14. The molecule has 2 aromatic heterocycles. The van der Waals surface area contributed by atoms with Gasteiger partial charge < -0.3 is 15.8 Å². The monoisotopic (exact) mass is 278 g/mol. The normalized spacial score (nSPS) is 10.2. The SMILES string of the molecule is CCOC(=O)c1cc(NCc2cncs2)ncc1N. The Labute approximate surface area is 114 Å². The zero-order chi connectivity index (χ0) is 13.7. The van der Waals surface area contributed by atoms with E-state index in [1.807, 2.05) is 0 Å². The highest BCUT2D eigenvalue weighted by atomic mass is 32.1. The van der Waals surface area contributed by atoms with Crippen molar-refractivity contribution in [3.05, 3.63) is 34.4 Å². The number of anilines is 2. The summed E-state index contributed by atoms with van der Waals surface area (Å²) in [4.78, 5) is 20.9. The zero-order valence-electron chi connectivity index (χ0n) is 10.4. The van der Waals surface area contributed by atoms with Gasteiger partial charge in [0.15, 0.2) is 0 Å². The van der Waals surface area contributed by atoms with Gasteiger partial charge in [0.05, 0.1) is 36.1 Å². The van der Waals surface area contributed by atoms with Gasteiger partial charge in [-0.2, -0.15) is 0 Å². The van der Waals surface area contributed by atoms with E-state index in [-0.39, 0.29) is 0 Å². The molecule has 0 aliphatic carbocycles. The van der Waals surface area contributed by atoms with Crippen LogP contribution in [0.2, 0.25) is 0 Å². The standard InChI is InChI=1S/C12H14N4O2S/c1-2-18-12(17)9-3-11(16-6-10(9)13)15-5-8-4-14-7-19-8/h3-4,6-7H,2,5,13H2,1H3,(H,15,16). The van der Waals surface area contributed by atoms with Crippen molar-refractivity contribution >= 4 is 28.8 Å². The molecule has 0 unspecified atom stereocenters. The first-order chi connectivity index (χ1) is 9.20. The lowest BCUT2D eigenvalue weighted by atomic mass is 10.2. The highest BCUT2D eigenvalue weighted by Crippen LogP contribution is 2.17. The van der Waals surface area contributed by atoms with E-state index in [2.05, 4.69) is 15.3 Å². The summed E-state index contributed by atoms with van der Waals surface area (Å²) < 4.78 is 4.93. The molecule has 7 heteroatoms. The topological polar surface area (TPSA) is 90.1 Å². The molecule has 100 valence electrons. The molecule has 0 bridgehead atoms. The Bertz CT molecular complexity index is 557. The Morgan fingerprint density at radius 1 is 1.53 bits per heavy atom. The molecule has 0 aliphatic rings. The first kappa shape index (κ1) is 13.3. The number of pyridine rings is 1. The first-order valence-corrected chi connectivity index (χ1v) is 6.62. The predicted octanol–water partition coefficient (Wildman–Crippen LogP) is 1.91. The molecule has 0 spiro atoms. The van der Waals surface area contributed by atoms with Gasteiger partial charge in [0.25, 0.3) is 0 Å². The van der Waals surface area contributed by atoms with E-state index >= 15 is 0 Å². The molecule has 0 saturated carbocycles. The molecule has 0 aromatic carbocycles. The fourth-order valence-corrected chi connectivity index (χ4v) is 1.99. The molecular formula is C12H14N4O2S. The van der Waals surface area contributed by atoms with E-state index in [0.717, 1.165) is 4.88 Å². The second-order valence-electron chi connectivity index (χ2n) is 3.70. The minimum Gasteiger partial charge on any atom is -0.462 e. The largest absolute Gasteiger partial charge is 0.462 e. The number of ether oxygens (including phenoxy) is 1. The van der Waals surface area contributed by atoms with E-state index in [4.69, 9.17) is 10.5 Å². The van der Waals surface area contributed by atoms with Gasteiger partial charge >= 0.3 is 5.97 Å². The molecule has 2 heterocycles. The van der Waals surface area contributed by atoms with Crippen LogP contribution in [0, 0.1) is 0 Å². The van der Waals surface area contributed by atoms with Gasteiger partial charge in [0.2, 0.25) is 0 Å². The maximum Gasteiger partial charge on any atom is 0.340 e. The van der Waals surface area contributed by atoms with Crippen molar-refractivity contribution in [1.29, 1.82) is 0 Å². The van der Waals surface area contributed by atoms with Crippen LogP contribution in [-0.2, 0) is 11.3 Å². The number of carbonyl (C=O) groups excluding carboxylic acids is 1.